The molecule has 4 nitrogen and oxygen atoms in total. The smallest absolute Gasteiger partial charge is 0.137 e. The molecule has 0 bridgehead atoms. The number of hydrogen-bond donors (Lipinski definition) is 1. The van der Waals surface area contributed by atoms with E-state index in [0.717, 1.165) is 27.9 Å². The van der Waals surface area contributed by atoms with Crippen molar-refractivity contribution in [3.63, 3.8) is 0 Å². The highest BCUT2D eigenvalue weighted by atomic mass is 79.9. The largest absolute Gasteiger partial charge is 0.492 e. The minimum Gasteiger partial charge on any atom is -0.492 e. The first-order valence-electron chi connectivity index (χ1n) is 6.61. The number of hydrogen-bond acceptors (Lipinski definition) is 4. The fourth-order valence-electron chi connectivity index (χ4n) is 1.94. The van der Waals surface area contributed by atoms with E-state index >= 15 is 0 Å². The van der Waals surface area contributed by atoms with Gasteiger partial charge in [-0.1, -0.05) is 6.92 Å². The molecule has 0 aliphatic carbocycles. The van der Waals surface area contributed by atoms with Gasteiger partial charge in [0.05, 0.1) is 24.5 Å². The molecule has 0 saturated heterocycles. The Kier molecular flexibility index (Phi) is 5.49. The molecule has 0 aliphatic rings. The summed E-state index contributed by atoms with van der Waals surface area (Å²) in [6.45, 7) is 2.78. The van der Waals surface area contributed by atoms with Crippen LogP contribution in [0.1, 0.15) is 30.6 Å². The summed E-state index contributed by atoms with van der Waals surface area (Å²) < 4.78 is 6.59. The molecular formula is C15H18BrN3O. The van der Waals surface area contributed by atoms with Crippen LogP contribution < -0.4 is 10.1 Å². The zero-order valence-corrected chi connectivity index (χ0v) is 13.2. The molecule has 1 N–H and O–H groups in total. The maximum absolute atomic E-state index is 5.63. The molecule has 2 aromatic heterocycles. The second-order valence-corrected chi connectivity index (χ2v) is 5.34. The predicted octanol–water partition coefficient (Wildman–Crippen LogP) is 3.34. The van der Waals surface area contributed by atoms with E-state index in [2.05, 4.69) is 38.1 Å². The van der Waals surface area contributed by atoms with Gasteiger partial charge in [-0.05, 0) is 53.2 Å². The van der Waals surface area contributed by atoms with Crippen molar-refractivity contribution >= 4 is 15.9 Å². The number of halogens is 1. The first-order chi connectivity index (χ1) is 9.74. The van der Waals surface area contributed by atoms with Crippen LogP contribution in [0.3, 0.4) is 0 Å². The zero-order chi connectivity index (χ0) is 14.4. The highest BCUT2D eigenvalue weighted by molar-refractivity contribution is 9.10. The van der Waals surface area contributed by atoms with Crippen LogP contribution in [0.2, 0.25) is 0 Å². The van der Waals surface area contributed by atoms with E-state index < -0.39 is 0 Å². The zero-order valence-electron chi connectivity index (χ0n) is 11.6. The molecular weight excluding hydrogens is 318 g/mol. The van der Waals surface area contributed by atoms with Crippen molar-refractivity contribution in [2.75, 3.05) is 13.7 Å². The molecule has 5 heteroatoms. The van der Waals surface area contributed by atoms with E-state index in [4.69, 9.17) is 4.74 Å². The molecule has 2 rings (SSSR count). The van der Waals surface area contributed by atoms with Crippen LogP contribution in [0.25, 0.3) is 0 Å². The highest BCUT2D eigenvalue weighted by Crippen LogP contribution is 2.23. The van der Waals surface area contributed by atoms with Gasteiger partial charge >= 0.3 is 0 Å². The van der Waals surface area contributed by atoms with E-state index in [1.807, 2.05) is 31.4 Å². The molecule has 0 aromatic carbocycles. The van der Waals surface area contributed by atoms with Crippen LogP contribution in [-0.2, 0) is 0 Å². The lowest BCUT2D eigenvalue weighted by molar-refractivity contribution is 0.315. The van der Waals surface area contributed by atoms with Crippen molar-refractivity contribution < 1.29 is 4.74 Å². The van der Waals surface area contributed by atoms with Crippen LogP contribution in [0.4, 0.5) is 0 Å². The van der Waals surface area contributed by atoms with Gasteiger partial charge in [0, 0.05) is 16.9 Å². The standard InChI is InChI=1S/C15H18BrN3O/c1-3-6-20-13-7-11(8-18-10-13)15(17-2)14-5-4-12(16)9-19-14/h4-5,7-10,15,17H,3,6H2,1-2H3. The van der Waals surface area contributed by atoms with E-state index in [0.29, 0.717) is 6.61 Å². The third-order valence-electron chi connectivity index (χ3n) is 2.88. The van der Waals surface area contributed by atoms with Gasteiger partial charge in [-0.3, -0.25) is 9.97 Å². The topological polar surface area (TPSA) is 47.0 Å². The molecule has 20 heavy (non-hydrogen) atoms. The second-order valence-electron chi connectivity index (χ2n) is 4.43. The van der Waals surface area contributed by atoms with Crippen molar-refractivity contribution in [1.82, 2.24) is 15.3 Å². The average molecular weight is 336 g/mol. The van der Waals surface area contributed by atoms with Crippen molar-refractivity contribution in [3.8, 4) is 5.75 Å². The molecule has 2 heterocycles. The lowest BCUT2D eigenvalue weighted by atomic mass is 10.1. The predicted molar refractivity (Wildman–Crippen MR) is 82.9 cm³/mol. The summed E-state index contributed by atoms with van der Waals surface area (Å²) in [5.74, 6) is 0.793. The summed E-state index contributed by atoms with van der Waals surface area (Å²) in [5, 5.41) is 3.26. The van der Waals surface area contributed by atoms with Crippen LogP contribution in [-0.4, -0.2) is 23.6 Å². The van der Waals surface area contributed by atoms with E-state index in [9.17, 15) is 0 Å². The fraction of sp³-hybridized carbons (Fsp3) is 0.333. The molecule has 2 aromatic rings. The number of rotatable bonds is 6. The average Bonchev–Trinajstić information content (AvgIpc) is 2.48. The lowest BCUT2D eigenvalue weighted by Gasteiger charge is -2.16. The quantitative estimate of drug-likeness (QED) is 0.879. The van der Waals surface area contributed by atoms with Gasteiger partial charge in [0.2, 0.25) is 0 Å². The third kappa shape index (κ3) is 3.77. The Morgan fingerprint density at radius 1 is 1.30 bits per heavy atom. The van der Waals surface area contributed by atoms with Crippen LogP contribution in [0.15, 0.2) is 41.3 Å². The Bertz CT molecular complexity index is 545. The Hall–Kier alpha value is -1.46. The number of ether oxygens (including phenoxy) is 1. The minimum absolute atomic E-state index is 0.000719. The van der Waals surface area contributed by atoms with E-state index in [1.54, 1.807) is 12.4 Å². The Morgan fingerprint density at radius 2 is 2.15 bits per heavy atom. The molecule has 0 saturated carbocycles. The number of pyridine rings is 2. The van der Waals surface area contributed by atoms with Gasteiger partial charge in [0.1, 0.15) is 5.75 Å². The van der Waals surface area contributed by atoms with Gasteiger partial charge < -0.3 is 10.1 Å². The van der Waals surface area contributed by atoms with Crippen molar-refractivity contribution in [1.29, 1.82) is 0 Å². The van der Waals surface area contributed by atoms with Crippen LogP contribution in [0, 0.1) is 0 Å². The maximum atomic E-state index is 5.63. The molecule has 0 spiro atoms. The monoisotopic (exact) mass is 335 g/mol. The van der Waals surface area contributed by atoms with Gasteiger partial charge in [0.25, 0.3) is 0 Å². The molecule has 0 amide bonds. The molecule has 0 aliphatic heterocycles. The highest BCUT2D eigenvalue weighted by Gasteiger charge is 2.14. The first-order valence-corrected chi connectivity index (χ1v) is 7.40. The molecule has 1 unspecified atom stereocenters. The van der Waals surface area contributed by atoms with Gasteiger partial charge in [-0.2, -0.15) is 0 Å². The van der Waals surface area contributed by atoms with Gasteiger partial charge in [0.15, 0.2) is 0 Å². The number of aromatic nitrogens is 2. The first kappa shape index (κ1) is 14.9. The van der Waals surface area contributed by atoms with E-state index in [1.165, 1.54) is 0 Å². The molecule has 0 fully saturated rings. The van der Waals surface area contributed by atoms with Crippen molar-refractivity contribution in [2.24, 2.45) is 0 Å². The summed E-state index contributed by atoms with van der Waals surface area (Å²) in [5.41, 5.74) is 1.99. The minimum atomic E-state index is 0.000719. The summed E-state index contributed by atoms with van der Waals surface area (Å²) in [7, 11) is 1.91. The second kappa shape index (κ2) is 7.36. The molecule has 0 radical (unpaired) electrons. The normalized spacial score (nSPS) is 12.2. The Labute approximate surface area is 127 Å². The Morgan fingerprint density at radius 3 is 2.80 bits per heavy atom. The number of nitrogens with zero attached hydrogens (tertiary/aromatic N) is 2. The van der Waals surface area contributed by atoms with Gasteiger partial charge in [-0.25, -0.2) is 0 Å². The van der Waals surface area contributed by atoms with Crippen LogP contribution >= 0.6 is 15.9 Å². The van der Waals surface area contributed by atoms with Gasteiger partial charge in [-0.15, -0.1) is 0 Å². The molecule has 1 atom stereocenters. The summed E-state index contributed by atoms with van der Waals surface area (Å²) in [6, 6.07) is 5.98. The summed E-state index contributed by atoms with van der Waals surface area (Å²) in [6.07, 6.45) is 6.35. The molecule has 106 valence electrons. The summed E-state index contributed by atoms with van der Waals surface area (Å²) >= 11 is 3.40. The van der Waals surface area contributed by atoms with Crippen molar-refractivity contribution in [2.45, 2.75) is 19.4 Å². The van der Waals surface area contributed by atoms with Crippen LogP contribution in [0.5, 0.6) is 5.75 Å². The third-order valence-corrected chi connectivity index (χ3v) is 3.34. The maximum Gasteiger partial charge on any atom is 0.137 e. The lowest BCUT2D eigenvalue weighted by Crippen LogP contribution is -2.19. The van der Waals surface area contributed by atoms with E-state index in [-0.39, 0.29) is 6.04 Å². The number of nitrogens with one attached hydrogen (secondary N) is 1. The summed E-state index contributed by atoms with van der Waals surface area (Å²) in [4.78, 5) is 8.69. The Balaban J connectivity index is 2.24. The van der Waals surface area contributed by atoms with Crippen molar-refractivity contribution in [3.05, 3.63) is 52.5 Å². The SMILES string of the molecule is CCCOc1cncc(C(NC)c2ccc(Br)cn2)c1. The fourth-order valence-corrected chi connectivity index (χ4v) is 2.17.